The van der Waals surface area contributed by atoms with Gasteiger partial charge in [-0.3, -0.25) is 0 Å². The molecule has 0 aliphatic carbocycles. The van der Waals surface area contributed by atoms with Gasteiger partial charge in [0.25, 0.3) is 0 Å². The molecule has 0 spiro atoms. The Kier molecular flexibility index (Phi) is 4.97. The molecule has 2 heterocycles. The molecule has 102 valence electrons. The van der Waals surface area contributed by atoms with Gasteiger partial charge in [-0.05, 0) is 17.9 Å². The Balaban J connectivity index is 1.88. The van der Waals surface area contributed by atoms with Crippen molar-refractivity contribution in [3.63, 3.8) is 0 Å². The summed E-state index contributed by atoms with van der Waals surface area (Å²) < 4.78 is 5.41. The van der Waals surface area contributed by atoms with Crippen LogP contribution in [-0.2, 0) is 6.54 Å². The second kappa shape index (κ2) is 6.94. The van der Waals surface area contributed by atoms with Crippen molar-refractivity contribution >= 4 is 17.3 Å². The summed E-state index contributed by atoms with van der Waals surface area (Å²) in [5.74, 6) is 1.09. The van der Waals surface area contributed by atoms with Crippen LogP contribution in [0.1, 0.15) is 25.5 Å². The molecule has 0 radical (unpaired) electrons. The molecular weight excluding hydrogens is 260 g/mol. The van der Waals surface area contributed by atoms with Gasteiger partial charge >= 0.3 is 0 Å². The Morgan fingerprint density at radius 1 is 1.58 bits per heavy atom. The van der Waals surface area contributed by atoms with Gasteiger partial charge in [0.15, 0.2) is 5.96 Å². The second-order valence-corrected chi connectivity index (χ2v) is 5.05. The lowest BCUT2D eigenvalue weighted by Gasteiger charge is -2.02. The molecule has 0 amide bonds. The van der Waals surface area contributed by atoms with Crippen molar-refractivity contribution < 1.29 is 4.42 Å². The van der Waals surface area contributed by atoms with E-state index in [4.69, 9.17) is 10.2 Å². The Labute approximate surface area is 116 Å². The summed E-state index contributed by atoms with van der Waals surface area (Å²) in [4.78, 5) is 9.62. The van der Waals surface area contributed by atoms with E-state index in [2.05, 4.69) is 22.2 Å². The molecule has 19 heavy (non-hydrogen) atoms. The SMILES string of the molecule is CCCCNC(N)=NCc1coc(-c2cccs2)n1. The van der Waals surface area contributed by atoms with Gasteiger partial charge in [-0.1, -0.05) is 19.4 Å². The van der Waals surface area contributed by atoms with Crippen LogP contribution in [0.25, 0.3) is 10.8 Å². The van der Waals surface area contributed by atoms with E-state index in [0.717, 1.165) is 30.0 Å². The summed E-state index contributed by atoms with van der Waals surface area (Å²) in [7, 11) is 0. The van der Waals surface area contributed by atoms with E-state index in [1.54, 1.807) is 17.6 Å². The summed E-state index contributed by atoms with van der Waals surface area (Å²) in [5, 5.41) is 5.05. The highest BCUT2D eigenvalue weighted by molar-refractivity contribution is 7.13. The molecule has 2 aromatic heterocycles. The van der Waals surface area contributed by atoms with Crippen molar-refractivity contribution in [2.24, 2.45) is 10.7 Å². The van der Waals surface area contributed by atoms with Gasteiger partial charge in [0.1, 0.15) is 12.0 Å². The third kappa shape index (κ3) is 4.10. The van der Waals surface area contributed by atoms with Crippen molar-refractivity contribution in [3.8, 4) is 10.8 Å². The Bertz CT molecular complexity index is 518. The monoisotopic (exact) mass is 278 g/mol. The van der Waals surface area contributed by atoms with Gasteiger partial charge in [0, 0.05) is 6.54 Å². The minimum Gasteiger partial charge on any atom is -0.443 e. The van der Waals surface area contributed by atoms with E-state index in [1.807, 2.05) is 17.5 Å². The molecule has 6 heteroatoms. The number of nitrogens with one attached hydrogen (secondary N) is 1. The maximum Gasteiger partial charge on any atom is 0.236 e. The Morgan fingerprint density at radius 3 is 3.21 bits per heavy atom. The molecule has 0 unspecified atom stereocenters. The summed E-state index contributed by atoms with van der Waals surface area (Å²) in [6.45, 7) is 3.42. The number of hydrogen-bond donors (Lipinski definition) is 2. The molecule has 5 nitrogen and oxygen atoms in total. The number of guanidine groups is 1. The number of unbranched alkanes of at least 4 members (excludes halogenated alkanes) is 1. The summed E-state index contributed by atoms with van der Waals surface area (Å²) >= 11 is 1.60. The van der Waals surface area contributed by atoms with Gasteiger partial charge in [-0.15, -0.1) is 11.3 Å². The third-order valence-electron chi connectivity index (χ3n) is 2.53. The fourth-order valence-electron chi connectivity index (χ4n) is 1.51. The lowest BCUT2D eigenvalue weighted by Crippen LogP contribution is -2.32. The fourth-order valence-corrected chi connectivity index (χ4v) is 2.16. The molecule has 0 aromatic carbocycles. The molecular formula is C13H18N4OS. The van der Waals surface area contributed by atoms with E-state index >= 15 is 0 Å². The fraction of sp³-hybridized carbons (Fsp3) is 0.385. The lowest BCUT2D eigenvalue weighted by atomic mass is 10.3. The number of nitrogens with zero attached hydrogens (tertiary/aromatic N) is 2. The summed E-state index contributed by atoms with van der Waals surface area (Å²) in [5.41, 5.74) is 6.53. The van der Waals surface area contributed by atoms with Crippen LogP contribution in [0.3, 0.4) is 0 Å². The lowest BCUT2D eigenvalue weighted by molar-refractivity contribution is 0.574. The van der Waals surface area contributed by atoms with E-state index in [1.165, 1.54) is 0 Å². The average molecular weight is 278 g/mol. The van der Waals surface area contributed by atoms with Gasteiger partial charge in [0.2, 0.25) is 5.89 Å². The maximum absolute atomic E-state index is 5.75. The number of hydrogen-bond acceptors (Lipinski definition) is 4. The highest BCUT2D eigenvalue weighted by Gasteiger charge is 2.06. The first kappa shape index (κ1) is 13.6. The van der Waals surface area contributed by atoms with Gasteiger partial charge in [0.05, 0.1) is 11.4 Å². The van der Waals surface area contributed by atoms with E-state index in [0.29, 0.717) is 18.4 Å². The van der Waals surface area contributed by atoms with Crippen LogP contribution < -0.4 is 11.1 Å². The van der Waals surface area contributed by atoms with E-state index in [9.17, 15) is 0 Å². The first-order chi connectivity index (χ1) is 9.29. The molecule has 0 saturated heterocycles. The van der Waals surface area contributed by atoms with Crippen LogP contribution in [0.15, 0.2) is 33.2 Å². The molecule has 2 rings (SSSR count). The number of aliphatic imine (C=N–C) groups is 1. The molecule has 0 bridgehead atoms. The van der Waals surface area contributed by atoms with Crippen molar-refractivity contribution in [2.45, 2.75) is 26.3 Å². The van der Waals surface area contributed by atoms with Crippen LogP contribution >= 0.6 is 11.3 Å². The first-order valence-electron chi connectivity index (χ1n) is 6.31. The molecule has 3 N–H and O–H groups in total. The van der Waals surface area contributed by atoms with Gasteiger partial charge in [-0.2, -0.15) is 0 Å². The Morgan fingerprint density at radius 2 is 2.47 bits per heavy atom. The van der Waals surface area contributed by atoms with Crippen LogP contribution in [0, 0.1) is 0 Å². The quantitative estimate of drug-likeness (QED) is 0.484. The predicted molar refractivity (Wildman–Crippen MR) is 78.1 cm³/mol. The van der Waals surface area contributed by atoms with Crippen LogP contribution in [0.4, 0.5) is 0 Å². The predicted octanol–water partition coefficient (Wildman–Crippen LogP) is 2.61. The molecule has 0 atom stereocenters. The number of oxazole rings is 1. The van der Waals surface area contributed by atoms with Crippen LogP contribution in [0.2, 0.25) is 0 Å². The minimum atomic E-state index is 0.430. The minimum absolute atomic E-state index is 0.430. The van der Waals surface area contributed by atoms with Gasteiger partial charge < -0.3 is 15.5 Å². The largest absolute Gasteiger partial charge is 0.443 e. The zero-order chi connectivity index (χ0) is 13.5. The molecule has 0 fully saturated rings. The summed E-state index contributed by atoms with van der Waals surface area (Å²) in [6, 6.07) is 3.95. The van der Waals surface area contributed by atoms with Crippen LogP contribution in [0.5, 0.6) is 0 Å². The smallest absolute Gasteiger partial charge is 0.236 e. The number of nitrogens with two attached hydrogens (primary N) is 1. The van der Waals surface area contributed by atoms with E-state index < -0.39 is 0 Å². The number of aromatic nitrogens is 1. The standard InChI is InChI=1S/C13H18N4OS/c1-2-3-6-15-13(14)16-8-10-9-18-12(17-10)11-5-4-7-19-11/h4-5,7,9H,2-3,6,8H2,1H3,(H3,14,15,16). The highest BCUT2D eigenvalue weighted by atomic mass is 32.1. The molecule has 0 aliphatic rings. The third-order valence-corrected chi connectivity index (χ3v) is 3.39. The topological polar surface area (TPSA) is 76.4 Å². The zero-order valence-corrected chi connectivity index (χ0v) is 11.7. The normalized spacial score (nSPS) is 11.7. The molecule has 2 aromatic rings. The number of rotatable bonds is 6. The van der Waals surface area contributed by atoms with E-state index in [-0.39, 0.29) is 0 Å². The maximum atomic E-state index is 5.75. The zero-order valence-electron chi connectivity index (χ0n) is 10.9. The first-order valence-corrected chi connectivity index (χ1v) is 7.19. The van der Waals surface area contributed by atoms with Gasteiger partial charge in [-0.25, -0.2) is 9.98 Å². The Hall–Kier alpha value is -1.82. The molecule has 0 saturated carbocycles. The second-order valence-electron chi connectivity index (χ2n) is 4.10. The highest BCUT2D eigenvalue weighted by Crippen LogP contribution is 2.23. The van der Waals surface area contributed by atoms with Crippen LogP contribution in [-0.4, -0.2) is 17.5 Å². The number of thiophene rings is 1. The average Bonchev–Trinajstić information content (AvgIpc) is 3.07. The van der Waals surface area contributed by atoms with Crippen molar-refractivity contribution in [3.05, 3.63) is 29.5 Å². The van der Waals surface area contributed by atoms with Crippen molar-refractivity contribution in [1.82, 2.24) is 10.3 Å². The van der Waals surface area contributed by atoms with Crippen molar-refractivity contribution in [1.29, 1.82) is 0 Å². The molecule has 0 aliphatic heterocycles. The summed E-state index contributed by atoms with van der Waals surface area (Å²) in [6.07, 6.45) is 3.84. The van der Waals surface area contributed by atoms with Crippen molar-refractivity contribution in [2.75, 3.05) is 6.54 Å².